The van der Waals surface area contributed by atoms with Gasteiger partial charge in [-0.3, -0.25) is 0 Å². The number of carboxylic acids is 1. The first kappa shape index (κ1) is 9.12. The molecule has 0 radical (unpaired) electrons. The van der Waals surface area contributed by atoms with Crippen molar-refractivity contribution in [3.8, 4) is 11.8 Å². The molecule has 12 heavy (non-hydrogen) atoms. The molecule has 0 saturated heterocycles. The predicted octanol–water partition coefficient (Wildman–Crippen LogP) is 1.76. The predicted molar refractivity (Wildman–Crippen MR) is 46.5 cm³/mol. The summed E-state index contributed by atoms with van der Waals surface area (Å²) in [5.41, 5.74) is 0. The van der Waals surface area contributed by atoms with Crippen molar-refractivity contribution in [2.45, 2.75) is 26.7 Å². The molecule has 1 rings (SSSR count). The molecule has 0 aliphatic heterocycles. The van der Waals surface area contributed by atoms with E-state index < -0.39 is 5.97 Å². The van der Waals surface area contributed by atoms with E-state index in [0.29, 0.717) is 17.8 Å². The molecule has 66 valence electrons. The maximum Gasteiger partial charge on any atom is 0.381 e. The minimum Gasteiger partial charge on any atom is -0.472 e. The molecule has 1 aliphatic carbocycles. The van der Waals surface area contributed by atoms with Gasteiger partial charge in [0.15, 0.2) is 0 Å². The van der Waals surface area contributed by atoms with Gasteiger partial charge < -0.3 is 5.11 Å². The molecule has 1 fully saturated rings. The summed E-state index contributed by atoms with van der Waals surface area (Å²) in [6.07, 6.45) is 2.28. The SMILES string of the molecule is CC(C)CC1CC1C#CC(=O)O. The molecule has 2 unspecified atom stereocenters. The second-order valence-electron chi connectivity index (χ2n) is 3.81. The van der Waals surface area contributed by atoms with Gasteiger partial charge in [-0.25, -0.2) is 4.79 Å². The van der Waals surface area contributed by atoms with Crippen molar-refractivity contribution >= 4 is 5.97 Å². The van der Waals surface area contributed by atoms with Gasteiger partial charge in [-0.15, -0.1) is 0 Å². The van der Waals surface area contributed by atoms with E-state index in [1.807, 2.05) is 0 Å². The maximum absolute atomic E-state index is 10.1. The Balaban J connectivity index is 2.26. The van der Waals surface area contributed by atoms with Crippen LogP contribution in [0.3, 0.4) is 0 Å². The minimum absolute atomic E-state index is 0.364. The molecule has 2 nitrogen and oxygen atoms in total. The van der Waals surface area contributed by atoms with E-state index in [2.05, 4.69) is 25.7 Å². The van der Waals surface area contributed by atoms with E-state index >= 15 is 0 Å². The minimum atomic E-state index is -1.01. The average molecular weight is 166 g/mol. The third kappa shape index (κ3) is 2.96. The van der Waals surface area contributed by atoms with Crippen LogP contribution in [0.2, 0.25) is 0 Å². The van der Waals surface area contributed by atoms with Crippen molar-refractivity contribution in [3.05, 3.63) is 0 Å². The summed E-state index contributed by atoms with van der Waals surface area (Å²) >= 11 is 0. The fraction of sp³-hybridized carbons (Fsp3) is 0.700. The Morgan fingerprint density at radius 1 is 1.67 bits per heavy atom. The van der Waals surface area contributed by atoms with Crippen LogP contribution in [0.25, 0.3) is 0 Å². The van der Waals surface area contributed by atoms with E-state index in [1.54, 1.807) is 0 Å². The van der Waals surface area contributed by atoms with Crippen LogP contribution in [0.1, 0.15) is 26.7 Å². The van der Waals surface area contributed by atoms with Gasteiger partial charge >= 0.3 is 5.97 Å². The van der Waals surface area contributed by atoms with E-state index in [1.165, 1.54) is 6.42 Å². The molecule has 0 aromatic carbocycles. The first-order valence-electron chi connectivity index (χ1n) is 4.34. The number of rotatable bonds is 2. The van der Waals surface area contributed by atoms with Gasteiger partial charge in [0.25, 0.3) is 0 Å². The van der Waals surface area contributed by atoms with Crippen LogP contribution in [-0.4, -0.2) is 11.1 Å². The topological polar surface area (TPSA) is 37.3 Å². The first-order valence-corrected chi connectivity index (χ1v) is 4.34. The number of hydrogen-bond donors (Lipinski definition) is 1. The van der Waals surface area contributed by atoms with Crippen molar-refractivity contribution in [2.24, 2.45) is 17.8 Å². The third-order valence-electron chi connectivity index (χ3n) is 2.06. The molecule has 0 amide bonds. The van der Waals surface area contributed by atoms with Crippen molar-refractivity contribution in [1.29, 1.82) is 0 Å². The average Bonchev–Trinajstić information content (AvgIpc) is 2.62. The second-order valence-corrected chi connectivity index (χ2v) is 3.81. The monoisotopic (exact) mass is 166 g/mol. The molecular formula is C10H14O2. The zero-order valence-electron chi connectivity index (χ0n) is 7.50. The Morgan fingerprint density at radius 3 is 2.83 bits per heavy atom. The lowest BCUT2D eigenvalue weighted by atomic mass is 10.1. The van der Waals surface area contributed by atoms with Gasteiger partial charge in [-0.05, 0) is 24.7 Å². The van der Waals surface area contributed by atoms with Crippen LogP contribution in [0.15, 0.2) is 0 Å². The van der Waals surface area contributed by atoms with Crippen LogP contribution >= 0.6 is 0 Å². The lowest BCUT2D eigenvalue weighted by molar-refractivity contribution is -0.130. The molecule has 0 heterocycles. The van der Waals surface area contributed by atoms with E-state index in [0.717, 1.165) is 6.42 Å². The summed E-state index contributed by atoms with van der Waals surface area (Å²) in [5, 5.41) is 8.28. The van der Waals surface area contributed by atoms with Crippen molar-refractivity contribution in [3.63, 3.8) is 0 Å². The van der Waals surface area contributed by atoms with Crippen LogP contribution < -0.4 is 0 Å². The molecule has 1 saturated carbocycles. The molecule has 1 aliphatic rings. The van der Waals surface area contributed by atoms with Crippen LogP contribution in [-0.2, 0) is 4.79 Å². The van der Waals surface area contributed by atoms with Gasteiger partial charge in [0.1, 0.15) is 0 Å². The zero-order chi connectivity index (χ0) is 9.14. The lowest BCUT2D eigenvalue weighted by Gasteiger charge is -1.99. The van der Waals surface area contributed by atoms with Crippen molar-refractivity contribution in [1.82, 2.24) is 0 Å². The van der Waals surface area contributed by atoms with Crippen LogP contribution in [0.5, 0.6) is 0 Å². The lowest BCUT2D eigenvalue weighted by Crippen LogP contribution is -1.91. The van der Waals surface area contributed by atoms with Gasteiger partial charge in [0.2, 0.25) is 0 Å². The summed E-state index contributed by atoms with van der Waals surface area (Å²) in [5.74, 6) is 5.66. The van der Waals surface area contributed by atoms with Gasteiger partial charge in [-0.2, -0.15) is 0 Å². The molecule has 0 aromatic rings. The quantitative estimate of drug-likeness (QED) is 0.634. The van der Waals surface area contributed by atoms with Crippen molar-refractivity contribution in [2.75, 3.05) is 0 Å². The van der Waals surface area contributed by atoms with Crippen LogP contribution in [0.4, 0.5) is 0 Å². The summed E-state index contributed by atoms with van der Waals surface area (Å²) in [4.78, 5) is 10.1. The normalized spacial score (nSPS) is 26.2. The molecule has 0 bridgehead atoms. The van der Waals surface area contributed by atoms with E-state index in [4.69, 9.17) is 5.11 Å². The van der Waals surface area contributed by atoms with E-state index in [-0.39, 0.29) is 0 Å². The van der Waals surface area contributed by atoms with E-state index in [9.17, 15) is 4.79 Å². The molecule has 0 spiro atoms. The number of aliphatic carboxylic acids is 1. The summed E-state index contributed by atoms with van der Waals surface area (Å²) in [6, 6.07) is 0. The molecule has 2 atom stereocenters. The molecular weight excluding hydrogens is 152 g/mol. The Bertz CT molecular complexity index is 232. The highest BCUT2D eigenvalue weighted by Crippen LogP contribution is 2.42. The Hall–Kier alpha value is -0.970. The van der Waals surface area contributed by atoms with Gasteiger partial charge in [0.05, 0.1) is 0 Å². The Kier molecular flexibility index (Phi) is 2.75. The molecule has 0 aromatic heterocycles. The highest BCUT2D eigenvalue weighted by molar-refractivity contribution is 5.86. The third-order valence-corrected chi connectivity index (χ3v) is 2.06. The number of carbonyl (C=O) groups is 1. The Labute approximate surface area is 73.0 Å². The molecule has 1 N–H and O–H groups in total. The highest BCUT2D eigenvalue weighted by atomic mass is 16.4. The van der Waals surface area contributed by atoms with Gasteiger partial charge in [-0.1, -0.05) is 19.8 Å². The zero-order valence-corrected chi connectivity index (χ0v) is 7.50. The largest absolute Gasteiger partial charge is 0.472 e. The Morgan fingerprint density at radius 2 is 2.33 bits per heavy atom. The number of hydrogen-bond acceptors (Lipinski definition) is 1. The molecule has 2 heteroatoms. The number of carboxylic acid groups (broad SMARTS) is 1. The van der Waals surface area contributed by atoms with Gasteiger partial charge in [0, 0.05) is 11.8 Å². The summed E-state index contributed by atoms with van der Waals surface area (Å²) in [6.45, 7) is 4.36. The fourth-order valence-electron chi connectivity index (χ4n) is 1.44. The summed E-state index contributed by atoms with van der Waals surface area (Å²) < 4.78 is 0. The second kappa shape index (κ2) is 3.62. The van der Waals surface area contributed by atoms with Crippen molar-refractivity contribution < 1.29 is 9.90 Å². The standard InChI is InChI=1S/C10H14O2/c1-7(2)5-9-6-8(9)3-4-10(11)12/h7-9H,5-6H2,1-2H3,(H,11,12). The summed E-state index contributed by atoms with van der Waals surface area (Å²) in [7, 11) is 0. The fourth-order valence-corrected chi connectivity index (χ4v) is 1.44. The maximum atomic E-state index is 10.1. The smallest absolute Gasteiger partial charge is 0.381 e. The highest BCUT2D eigenvalue weighted by Gasteiger charge is 2.35. The first-order chi connectivity index (χ1) is 5.59. The van der Waals surface area contributed by atoms with Crippen LogP contribution in [0, 0.1) is 29.6 Å².